The van der Waals surface area contributed by atoms with Crippen LogP contribution >= 0.6 is 38.5 Å². The molecule has 0 spiro atoms. The highest BCUT2D eigenvalue weighted by atomic mass is 127. The number of sulfone groups is 1. The topological polar surface area (TPSA) is 54.4 Å². The van der Waals surface area contributed by atoms with Gasteiger partial charge in [0.2, 0.25) is 1.66 Å². The van der Waals surface area contributed by atoms with Crippen LogP contribution in [0.3, 0.4) is 0 Å². The maximum Gasteiger partial charge on any atom is 0.207 e. The molecular weight excluding hydrogens is 426 g/mol. The molecule has 0 aliphatic carbocycles. The lowest BCUT2D eigenvalue weighted by Crippen LogP contribution is -2.34. The number of hydrogen-bond donors (Lipinski definition) is 1. The third-order valence-corrected chi connectivity index (χ3v) is 8.64. The van der Waals surface area contributed by atoms with E-state index in [1.54, 1.807) is 28.7 Å². The Bertz CT molecular complexity index is 504. The first-order valence-electron chi connectivity index (χ1n) is 4.76. The van der Waals surface area contributed by atoms with Crippen LogP contribution in [0.15, 0.2) is 24.3 Å². The fraction of sp³-hybridized carbons (Fsp3) is 0.400. The lowest BCUT2D eigenvalue weighted by Gasteiger charge is -2.26. The van der Waals surface area contributed by atoms with Crippen LogP contribution in [0.4, 0.5) is 4.39 Å². The molecule has 1 aromatic rings. The van der Waals surface area contributed by atoms with Gasteiger partial charge in [0.15, 0.2) is 9.84 Å². The van der Waals surface area contributed by atoms with E-state index in [0.717, 1.165) is 0 Å². The molecule has 1 N–H and O–H groups in total. The van der Waals surface area contributed by atoms with E-state index in [4.69, 9.17) is 0 Å². The van der Waals surface area contributed by atoms with E-state index in [-0.39, 0.29) is 11.3 Å². The largest absolute Gasteiger partial charge is 0.385 e. The smallest absolute Gasteiger partial charge is 0.207 e. The maximum atomic E-state index is 13.5. The van der Waals surface area contributed by atoms with Gasteiger partial charge in [-0.05, 0) is 28.7 Å². The standard InChI is InChI=1S/C10H11BrFIO3S/c1-2-17(15,16)10(11,13)9(14)7-5-3-4-6-8(7)12/h3-6,9,14H,2H2,1H3/t9-,10-/m0/s1. The molecule has 0 saturated heterocycles. The van der Waals surface area contributed by atoms with Crippen molar-refractivity contribution in [1.82, 2.24) is 0 Å². The summed E-state index contributed by atoms with van der Waals surface area (Å²) >= 11 is 4.56. The number of benzene rings is 1. The minimum atomic E-state index is -3.58. The molecule has 7 heteroatoms. The van der Waals surface area contributed by atoms with Gasteiger partial charge in [-0.3, -0.25) is 0 Å². The predicted octanol–water partition coefficient (Wildman–Crippen LogP) is 2.78. The Morgan fingerprint density at radius 2 is 2.06 bits per heavy atom. The predicted molar refractivity (Wildman–Crippen MR) is 76.5 cm³/mol. The van der Waals surface area contributed by atoms with Crippen molar-refractivity contribution < 1.29 is 17.9 Å². The van der Waals surface area contributed by atoms with Crippen molar-refractivity contribution in [2.45, 2.75) is 14.7 Å². The summed E-state index contributed by atoms with van der Waals surface area (Å²) in [5.74, 6) is -0.779. The molecule has 96 valence electrons. The van der Waals surface area contributed by atoms with Gasteiger partial charge in [-0.15, -0.1) is 0 Å². The molecule has 0 heterocycles. The summed E-state index contributed by atoms with van der Waals surface area (Å²) in [6, 6.07) is 5.56. The van der Waals surface area contributed by atoms with Gasteiger partial charge < -0.3 is 5.11 Å². The van der Waals surface area contributed by atoms with Gasteiger partial charge in [0.1, 0.15) is 11.9 Å². The number of rotatable bonds is 4. The highest BCUT2D eigenvalue weighted by Crippen LogP contribution is 2.45. The van der Waals surface area contributed by atoms with Gasteiger partial charge in [0, 0.05) is 11.3 Å². The highest BCUT2D eigenvalue weighted by Gasteiger charge is 2.45. The summed E-state index contributed by atoms with van der Waals surface area (Å²) in [6.45, 7) is 1.47. The maximum absolute atomic E-state index is 13.5. The Kier molecular flexibility index (Phi) is 4.96. The van der Waals surface area contributed by atoms with Crippen LogP contribution in [-0.4, -0.2) is 20.9 Å². The SMILES string of the molecule is CCS(=O)(=O)[C@@](Br)(I)[C@@H](O)c1ccccc1F. The van der Waals surface area contributed by atoms with Gasteiger partial charge in [-0.1, -0.05) is 41.1 Å². The molecule has 0 radical (unpaired) electrons. The third-order valence-electron chi connectivity index (χ3n) is 2.31. The molecule has 0 saturated carbocycles. The molecule has 0 aliphatic heterocycles. The van der Waals surface area contributed by atoms with Crippen LogP contribution in [0.5, 0.6) is 0 Å². The van der Waals surface area contributed by atoms with E-state index in [0.29, 0.717) is 0 Å². The van der Waals surface area contributed by atoms with Crippen molar-refractivity contribution in [3.05, 3.63) is 35.6 Å². The quantitative estimate of drug-likeness (QED) is 0.583. The Morgan fingerprint density at radius 3 is 2.53 bits per heavy atom. The van der Waals surface area contributed by atoms with E-state index in [2.05, 4.69) is 15.9 Å². The van der Waals surface area contributed by atoms with Crippen LogP contribution in [0.25, 0.3) is 0 Å². The van der Waals surface area contributed by atoms with E-state index in [1.807, 2.05) is 0 Å². The highest BCUT2D eigenvalue weighted by molar-refractivity contribution is 14.1. The Balaban J connectivity index is 3.23. The molecular formula is C10H11BrFIO3S. The average Bonchev–Trinajstić information content (AvgIpc) is 2.28. The lowest BCUT2D eigenvalue weighted by atomic mass is 10.1. The molecule has 0 amide bonds. The van der Waals surface area contributed by atoms with Crippen molar-refractivity contribution in [3.63, 3.8) is 0 Å². The summed E-state index contributed by atoms with van der Waals surface area (Å²) in [5, 5.41) is 10.0. The Labute approximate surface area is 122 Å². The van der Waals surface area contributed by atoms with Crippen molar-refractivity contribution in [3.8, 4) is 0 Å². The molecule has 0 aromatic heterocycles. The van der Waals surface area contributed by atoms with E-state index in [1.165, 1.54) is 25.1 Å². The van der Waals surface area contributed by atoms with Gasteiger partial charge in [-0.25, -0.2) is 12.8 Å². The average molecular weight is 437 g/mol. The zero-order valence-corrected chi connectivity index (χ0v) is 13.5. The van der Waals surface area contributed by atoms with Gasteiger partial charge >= 0.3 is 0 Å². The fourth-order valence-electron chi connectivity index (χ4n) is 1.24. The van der Waals surface area contributed by atoms with Crippen molar-refractivity contribution in [2.24, 2.45) is 0 Å². The third kappa shape index (κ3) is 2.99. The monoisotopic (exact) mass is 436 g/mol. The first-order valence-corrected chi connectivity index (χ1v) is 8.29. The van der Waals surface area contributed by atoms with E-state index >= 15 is 0 Å². The van der Waals surface area contributed by atoms with Crippen LogP contribution in [0.2, 0.25) is 0 Å². The van der Waals surface area contributed by atoms with E-state index < -0.39 is 23.4 Å². The number of hydrogen-bond acceptors (Lipinski definition) is 3. The van der Waals surface area contributed by atoms with Crippen molar-refractivity contribution >= 4 is 48.4 Å². The Morgan fingerprint density at radius 1 is 1.53 bits per heavy atom. The first kappa shape index (κ1) is 15.3. The summed E-state index contributed by atoms with van der Waals surface area (Å²) in [5.41, 5.74) is -0.0456. The lowest BCUT2D eigenvalue weighted by molar-refractivity contribution is 0.186. The fourth-order valence-corrected chi connectivity index (χ4v) is 4.30. The number of aliphatic hydroxyl groups excluding tert-OH is 1. The summed E-state index contributed by atoms with van der Waals surface area (Å²) in [7, 11) is -3.58. The summed E-state index contributed by atoms with van der Waals surface area (Å²) < 4.78 is 35.5. The molecule has 1 rings (SSSR count). The molecule has 0 bridgehead atoms. The normalized spacial score (nSPS) is 17.5. The first-order chi connectivity index (χ1) is 7.74. The number of aliphatic hydroxyl groups is 1. The van der Waals surface area contributed by atoms with Crippen LogP contribution < -0.4 is 0 Å². The number of halogens is 3. The second kappa shape index (κ2) is 5.50. The molecule has 2 atom stereocenters. The zero-order valence-electron chi connectivity index (χ0n) is 8.90. The molecule has 1 aromatic carbocycles. The molecule has 3 nitrogen and oxygen atoms in total. The van der Waals surface area contributed by atoms with Gasteiger partial charge in [0.05, 0.1) is 0 Å². The second-order valence-electron chi connectivity index (χ2n) is 3.39. The molecule has 0 aliphatic rings. The Hall–Kier alpha value is 0.270. The van der Waals surface area contributed by atoms with Gasteiger partial charge in [-0.2, -0.15) is 0 Å². The van der Waals surface area contributed by atoms with Gasteiger partial charge in [0.25, 0.3) is 0 Å². The second-order valence-corrected chi connectivity index (χ2v) is 11.5. The summed E-state index contributed by atoms with van der Waals surface area (Å²) in [4.78, 5) is 0. The van der Waals surface area contributed by atoms with Crippen LogP contribution in [0.1, 0.15) is 18.6 Å². The van der Waals surface area contributed by atoms with E-state index in [9.17, 15) is 17.9 Å². The zero-order chi connectivity index (χ0) is 13.3. The minimum Gasteiger partial charge on any atom is -0.385 e. The minimum absolute atomic E-state index is 0.0456. The molecule has 17 heavy (non-hydrogen) atoms. The summed E-state index contributed by atoms with van der Waals surface area (Å²) in [6.07, 6.45) is -1.48. The number of alkyl halides is 2. The van der Waals surface area contributed by atoms with Crippen LogP contribution in [0, 0.1) is 5.82 Å². The van der Waals surface area contributed by atoms with Crippen molar-refractivity contribution in [1.29, 1.82) is 0 Å². The molecule has 0 unspecified atom stereocenters. The molecule has 0 fully saturated rings. The van der Waals surface area contributed by atoms with Crippen LogP contribution in [-0.2, 0) is 9.84 Å². The van der Waals surface area contributed by atoms with Crippen molar-refractivity contribution in [2.75, 3.05) is 5.75 Å².